The van der Waals surface area contributed by atoms with E-state index in [0.717, 1.165) is 11.1 Å². The molecule has 0 bridgehead atoms. The van der Waals surface area contributed by atoms with Gasteiger partial charge in [-0.3, -0.25) is 0 Å². The summed E-state index contributed by atoms with van der Waals surface area (Å²) in [4.78, 5) is 12.1. The molecule has 2 aromatic rings. The first kappa shape index (κ1) is 17.8. The molecular weight excluding hydrogens is 302 g/mol. The Morgan fingerprint density at radius 3 is 2.17 bits per heavy atom. The first-order chi connectivity index (χ1) is 11.6. The number of aliphatic hydroxyl groups is 1. The van der Waals surface area contributed by atoms with Crippen LogP contribution in [0, 0.1) is 0 Å². The van der Waals surface area contributed by atoms with Gasteiger partial charge in [-0.1, -0.05) is 72.8 Å². The van der Waals surface area contributed by atoms with Gasteiger partial charge in [0.1, 0.15) is 6.61 Å². The molecule has 0 fully saturated rings. The number of benzene rings is 2. The molecule has 2 atom stereocenters. The summed E-state index contributed by atoms with van der Waals surface area (Å²) in [7, 11) is 0. The van der Waals surface area contributed by atoms with Crippen LogP contribution in [-0.4, -0.2) is 23.3 Å². The molecule has 0 aromatic heterocycles. The van der Waals surface area contributed by atoms with Crippen molar-refractivity contribution in [2.24, 2.45) is 0 Å². The first-order valence-electron chi connectivity index (χ1n) is 7.91. The maximum Gasteiger partial charge on any atom is 0.407 e. The Bertz CT molecular complexity index is 655. The zero-order valence-corrected chi connectivity index (χ0v) is 13.8. The van der Waals surface area contributed by atoms with Crippen LogP contribution in [0.15, 0.2) is 72.8 Å². The van der Waals surface area contributed by atoms with Gasteiger partial charge in [0.2, 0.25) is 0 Å². The van der Waals surface area contributed by atoms with Crippen molar-refractivity contribution in [1.82, 2.24) is 5.32 Å². The van der Waals surface area contributed by atoms with E-state index in [1.165, 1.54) is 0 Å². The molecule has 0 heterocycles. The van der Waals surface area contributed by atoms with Gasteiger partial charge in [0.15, 0.2) is 0 Å². The van der Waals surface area contributed by atoms with E-state index in [9.17, 15) is 9.90 Å². The number of alkyl carbamates (subject to hydrolysis) is 1. The van der Waals surface area contributed by atoms with Crippen LogP contribution >= 0.6 is 0 Å². The maximum atomic E-state index is 12.1. The van der Waals surface area contributed by atoms with Gasteiger partial charge in [0.25, 0.3) is 0 Å². The summed E-state index contributed by atoms with van der Waals surface area (Å²) >= 11 is 0. The standard InChI is InChI=1S/C20H23NO3/c1-15(2)19(22)18(13-16-9-5-3-6-10-16)21-20(23)24-14-17-11-7-4-8-12-17/h3-12,18-19,22H,1,13-14H2,2H3,(H,21,23)/t18-,19-/m0/s1. The van der Waals surface area contributed by atoms with E-state index in [2.05, 4.69) is 11.9 Å². The molecular formula is C20H23NO3. The number of carbonyl (C=O) groups is 1. The molecule has 24 heavy (non-hydrogen) atoms. The van der Waals surface area contributed by atoms with E-state index in [-0.39, 0.29) is 6.61 Å². The lowest BCUT2D eigenvalue weighted by Gasteiger charge is -2.24. The Morgan fingerprint density at radius 2 is 1.62 bits per heavy atom. The van der Waals surface area contributed by atoms with Gasteiger partial charge in [-0.15, -0.1) is 0 Å². The fourth-order valence-corrected chi connectivity index (χ4v) is 2.37. The monoisotopic (exact) mass is 325 g/mol. The molecule has 0 radical (unpaired) electrons. The second-order valence-corrected chi connectivity index (χ2v) is 5.79. The van der Waals surface area contributed by atoms with Crippen LogP contribution in [0.3, 0.4) is 0 Å². The van der Waals surface area contributed by atoms with Gasteiger partial charge in [0.05, 0.1) is 12.1 Å². The molecule has 2 rings (SSSR count). The van der Waals surface area contributed by atoms with Crippen molar-refractivity contribution in [2.45, 2.75) is 32.1 Å². The van der Waals surface area contributed by atoms with Crippen LogP contribution in [0.2, 0.25) is 0 Å². The van der Waals surface area contributed by atoms with Gasteiger partial charge >= 0.3 is 6.09 Å². The highest BCUT2D eigenvalue weighted by molar-refractivity contribution is 5.67. The third-order valence-corrected chi connectivity index (χ3v) is 3.70. The number of hydrogen-bond acceptors (Lipinski definition) is 3. The SMILES string of the molecule is C=C(C)[C@H](O)[C@H](Cc1ccccc1)NC(=O)OCc1ccccc1. The van der Waals surface area contributed by atoms with E-state index in [0.29, 0.717) is 12.0 Å². The van der Waals surface area contributed by atoms with E-state index >= 15 is 0 Å². The van der Waals surface area contributed by atoms with Crippen molar-refractivity contribution in [3.8, 4) is 0 Å². The minimum Gasteiger partial charge on any atom is -0.445 e. The fourth-order valence-electron chi connectivity index (χ4n) is 2.37. The van der Waals surface area contributed by atoms with Crippen LogP contribution < -0.4 is 5.32 Å². The molecule has 0 aliphatic heterocycles. The maximum absolute atomic E-state index is 12.1. The lowest BCUT2D eigenvalue weighted by molar-refractivity contribution is 0.115. The van der Waals surface area contributed by atoms with Crippen LogP contribution in [0.25, 0.3) is 0 Å². The molecule has 0 aliphatic rings. The Morgan fingerprint density at radius 1 is 1.08 bits per heavy atom. The number of nitrogens with one attached hydrogen (secondary N) is 1. The Balaban J connectivity index is 1.96. The largest absolute Gasteiger partial charge is 0.445 e. The lowest BCUT2D eigenvalue weighted by atomic mass is 9.98. The molecule has 1 amide bonds. The molecule has 0 saturated heterocycles. The van der Waals surface area contributed by atoms with Crippen molar-refractivity contribution >= 4 is 6.09 Å². The Labute approximate surface area is 142 Å². The van der Waals surface area contributed by atoms with E-state index < -0.39 is 18.2 Å². The van der Waals surface area contributed by atoms with Crippen molar-refractivity contribution < 1.29 is 14.6 Å². The van der Waals surface area contributed by atoms with Crippen molar-refractivity contribution in [2.75, 3.05) is 0 Å². The summed E-state index contributed by atoms with van der Waals surface area (Å²) in [5.74, 6) is 0. The fraction of sp³-hybridized carbons (Fsp3) is 0.250. The van der Waals surface area contributed by atoms with Crippen molar-refractivity contribution in [1.29, 1.82) is 0 Å². The molecule has 2 N–H and O–H groups in total. The molecule has 0 unspecified atom stereocenters. The minimum atomic E-state index is -0.838. The molecule has 126 valence electrons. The summed E-state index contributed by atoms with van der Waals surface area (Å²) in [6, 6.07) is 18.6. The number of ether oxygens (including phenoxy) is 1. The highest BCUT2D eigenvalue weighted by atomic mass is 16.5. The number of hydrogen-bond donors (Lipinski definition) is 2. The van der Waals surface area contributed by atoms with E-state index in [4.69, 9.17) is 4.74 Å². The smallest absolute Gasteiger partial charge is 0.407 e. The normalized spacial score (nSPS) is 12.9. The van der Waals surface area contributed by atoms with Crippen molar-refractivity contribution in [3.63, 3.8) is 0 Å². The van der Waals surface area contributed by atoms with Gasteiger partial charge < -0.3 is 15.2 Å². The molecule has 0 spiro atoms. The molecule has 4 heteroatoms. The summed E-state index contributed by atoms with van der Waals surface area (Å²) in [6.45, 7) is 5.70. The summed E-state index contributed by atoms with van der Waals surface area (Å²) < 4.78 is 5.24. The third-order valence-electron chi connectivity index (χ3n) is 3.70. The van der Waals surface area contributed by atoms with Gasteiger partial charge in [-0.25, -0.2) is 4.79 Å². The number of rotatable bonds is 7. The van der Waals surface area contributed by atoms with Gasteiger partial charge in [0, 0.05) is 0 Å². The van der Waals surface area contributed by atoms with E-state index in [1.807, 2.05) is 60.7 Å². The Hall–Kier alpha value is -2.59. The molecule has 0 saturated carbocycles. The average molecular weight is 325 g/mol. The Kier molecular flexibility index (Phi) is 6.58. The summed E-state index contributed by atoms with van der Waals surface area (Å²) in [5.41, 5.74) is 2.53. The number of carbonyl (C=O) groups excluding carboxylic acids is 1. The third kappa shape index (κ3) is 5.56. The van der Waals surface area contributed by atoms with E-state index in [1.54, 1.807) is 6.92 Å². The van der Waals surface area contributed by atoms with Crippen LogP contribution in [0.4, 0.5) is 4.79 Å². The second-order valence-electron chi connectivity index (χ2n) is 5.79. The summed E-state index contributed by atoms with van der Waals surface area (Å²) in [5, 5.41) is 13.1. The van der Waals surface area contributed by atoms with Crippen LogP contribution in [0.5, 0.6) is 0 Å². The average Bonchev–Trinajstić information content (AvgIpc) is 2.60. The molecule has 4 nitrogen and oxygen atoms in total. The highest BCUT2D eigenvalue weighted by Crippen LogP contribution is 2.11. The van der Waals surface area contributed by atoms with Crippen molar-refractivity contribution in [3.05, 3.63) is 83.9 Å². The lowest BCUT2D eigenvalue weighted by Crippen LogP contribution is -2.45. The van der Waals surface area contributed by atoms with Crippen LogP contribution in [-0.2, 0) is 17.8 Å². The van der Waals surface area contributed by atoms with Crippen LogP contribution in [0.1, 0.15) is 18.1 Å². The zero-order valence-electron chi connectivity index (χ0n) is 13.8. The molecule has 0 aliphatic carbocycles. The predicted molar refractivity (Wildman–Crippen MR) is 94.5 cm³/mol. The zero-order chi connectivity index (χ0) is 17.4. The second kappa shape index (κ2) is 8.89. The molecule has 2 aromatic carbocycles. The topological polar surface area (TPSA) is 58.6 Å². The quantitative estimate of drug-likeness (QED) is 0.767. The predicted octanol–water partition coefficient (Wildman–Crippen LogP) is 3.46. The van der Waals surface area contributed by atoms with Gasteiger partial charge in [-0.2, -0.15) is 0 Å². The first-order valence-corrected chi connectivity index (χ1v) is 7.91. The highest BCUT2D eigenvalue weighted by Gasteiger charge is 2.23. The summed E-state index contributed by atoms with van der Waals surface area (Å²) in [6.07, 6.45) is -0.899. The number of aliphatic hydroxyl groups excluding tert-OH is 1. The minimum absolute atomic E-state index is 0.188. The van der Waals surface area contributed by atoms with Gasteiger partial charge in [-0.05, 0) is 24.5 Å². The number of amides is 1.